The molecule has 0 spiro atoms. The molecule has 14 heavy (non-hydrogen) atoms. The van der Waals surface area contributed by atoms with Crippen molar-refractivity contribution >= 4 is 40.4 Å². The van der Waals surface area contributed by atoms with E-state index in [2.05, 4.69) is 15.2 Å². The predicted molar refractivity (Wildman–Crippen MR) is 53.1 cm³/mol. The van der Waals surface area contributed by atoms with Crippen LogP contribution in [0.25, 0.3) is 0 Å². The zero-order chi connectivity index (χ0) is 9.97. The maximum atomic E-state index is 10.6. The molecule has 0 amide bonds. The Kier molecular flexibility index (Phi) is 2.75. The second kappa shape index (κ2) is 4.03. The molecule has 5 nitrogen and oxygen atoms in total. The van der Waals surface area contributed by atoms with Gasteiger partial charge in [0.05, 0.1) is 6.20 Å². The van der Waals surface area contributed by atoms with Gasteiger partial charge in [-0.05, 0) is 11.8 Å². The van der Waals surface area contributed by atoms with Gasteiger partial charge in [-0.2, -0.15) is 0 Å². The molecule has 0 unspecified atom stereocenters. The first-order valence-electron chi connectivity index (χ1n) is 3.39. The highest BCUT2D eigenvalue weighted by Crippen LogP contribution is 2.31. The molecule has 0 aliphatic heterocycles. The molecule has 2 rings (SSSR count). The summed E-state index contributed by atoms with van der Waals surface area (Å²) in [5.74, 6) is -0.952. The van der Waals surface area contributed by atoms with Gasteiger partial charge in [-0.15, -0.1) is 21.5 Å². The van der Waals surface area contributed by atoms with Crippen LogP contribution in [0.2, 0.25) is 0 Å². The van der Waals surface area contributed by atoms with E-state index in [0.29, 0.717) is 4.34 Å². The summed E-state index contributed by atoms with van der Waals surface area (Å²) in [5, 5.41) is 16.1. The smallest absolute Gasteiger partial charge is 0.347 e. The SMILES string of the molecule is O=C(O)c1cnc(Sc2nncs2)s1. The van der Waals surface area contributed by atoms with Crippen LogP contribution in [0.4, 0.5) is 0 Å². The fourth-order valence-electron chi connectivity index (χ4n) is 0.686. The Morgan fingerprint density at radius 1 is 1.50 bits per heavy atom. The molecule has 8 heteroatoms. The van der Waals surface area contributed by atoms with Gasteiger partial charge in [-0.1, -0.05) is 11.3 Å². The number of hydrogen-bond acceptors (Lipinski definition) is 7. The topological polar surface area (TPSA) is 76.0 Å². The van der Waals surface area contributed by atoms with Gasteiger partial charge in [0, 0.05) is 0 Å². The molecule has 0 radical (unpaired) electrons. The largest absolute Gasteiger partial charge is 0.477 e. The number of hydrogen-bond donors (Lipinski definition) is 1. The van der Waals surface area contributed by atoms with Crippen molar-refractivity contribution in [3.8, 4) is 0 Å². The third kappa shape index (κ3) is 2.08. The number of carboxylic acid groups (broad SMARTS) is 1. The van der Waals surface area contributed by atoms with Crippen LogP contribution in [-0.2, 0) is 0 Å². The summed E-state index contributed by atoms with van der Waals surface area (Å²) < 4.78 is 1.43. The quantitative estimate of drug-likeness (QED) is 0.889. The van der Waals surface area contributed by atoms with E-state index in [-0.39, 0.29) is 4.88 Å². The number of aromatic nitrogens is 3. The molecule has 0 atom stereocenters. The van der Waals surface area contributed by atoms with Crippen LogP contribution in [0.1, 0.15) is 9.67 Å². The van der Waals surface area contributed by atoms with Crippen molar-refractivity contribution in [2.75, 3.05) is 0 Å². The summed E-state index contributed by atoms with van der Waals surface area (Å²) in [4.78, 5) is 14.7. The third-order valence-electron chi connectivity index (χ3n) is 1.21. The molecule has 72 valence electrons. The summed E-state index contributed by atoms with van der Waals surface area (Å²) in [6.07, 6.45) is 1.34. The van der Waals surface area contributed by atoms with E-state index in [4.69, 9.17) is 5.11 Å². The van der Waals surface area contributed by atoms with E-state index in [9.17, 15) is 4.79 Å². The van der Waals surface area contributed by atoms with Crippen molar-refractivity contribution in [3.05, 3.63) is 16.6 Å². The Bertz CT molecular complexity index is 439. The zero-order valence-electron chi connectivity index (χ0n) is 6.58. The fourth-order valence-corrected chi connectivity index (χ4v) is 3.18. The number of rotatable bonds is 3. The van der Waals surface area contributed by atoms with Gasteiger partial charge in [0.1, 0.15) is 10.4 Å². The number of thiazole rings is 1. The Labute approximate surface area is 90.8 Å². The number of carbonyl (C=O) groups is 1. The van der Waals surface area contributed by atoms with Gasteiger partial charge in [-0.25, -0.2) is 9.78 Å². The Morgan fingerprint density at radius 3 is 2.93 bits per heavy atom. The summed E-state index contributed by atoms with van der Waals surface area (Å²) in [6, 6.07) is 0. The first kappa shape index (κ1) is 9.56. The van der Waals surface area contributed by atoms with Crippen LogP contribution in [-0.4, -0.2) is 26.3 Å². The van der Waals surface area contributed by atoms with Crippen molar-refractivity contribution in [2.45, 2.75) is 8.68 Å². The van der Waals surface area contributed by atoms with Crippen molar-refractivity contribution in [1.29, 1.82) is 0 Å². The van der Waals surface area contributed by atoms with Gasteiger partial charge in [0.15, 0.2) is 8.68 Å². The van der Waals surface area contributed by atoms with Gasteiger partial charge >= 0.3 is 5.97 Å². The highest BCUT2D eigenvalue weighted by molar-refractivity contribution is 8.02. The van der Waals surface area contributed by atoms with Crippen LogP contribution in [0.5, 0.6) is 0 Å². The maximum absolute atomic E-state index is 10.6. The molecule has 0 aliphatic rings. The zero-order valence-corrected chi connectivity index (χ0v) is 9.03. The van der Waals surface area contributed by atoms with E-state index >= 15 is 0 Å². The van der Waals surface area contributed by atoms with E-state index in [0.717, 1.165) is 15.7 Å². The Morgan fingerprint density at radius 2 is 2.36 bits per heavy atom. The van der Waals surface area contributed by atoms with Gasteiger partial charge < -0.3 is 5.11 Å². The van der Waals surface area contributed by atoms with Crippen LogP contribution < -0.4 is 0 Å². The first-order valence-corrected chi connectivity index (χ1v) is 5.90. The van der Waals surface area contributed by atoms with Crippen molar-refractivity contribution in [3.63, 3.8) is 0 Å². The highest BCUT2D eigenvalue weighted by atomic mass is 32.2. The molecule has 0 aliphatic carbocycles. The van der Waals surface area contributed by atoms with E-state index in [1.54, 1.807) is 5.51 Å². The Hall–Kier alpha value is -0.990. The van der Waals surface area contributed by atoms with Gasteiger partial charge in [0.25, 0.3) is 0 Å². The van der Waals surface area contributed by atoms with Gasteiger partial charge in [-0.3, -0.25) is 0 Å². The van der Waals surface area contributed by atoms with Crippen LogP contribution in [0.3, 0.4) is 0 Å². The van der Waals surface area contributed by atoms with Crippen molar-refractivity contribution in [1.82, 2.24) is 15.2 Å². The molecule has 0 saturated heterocycles. The predicted octanol–water partition coefficient (Wildman–Crippen LogP) is 1.84. The number of nitrogens with zero attached hydrogens (tertiary/aromatic N) is 3. The third-order valence-corrected chi connectivity index (χ3v) is 4.05. The minimum absolute atomic E-state index is 0.233. The summed E-state index contributed by atoms with van der Waals surface area (Å²) in [6.45, 7) is 0. The van der Waals surface area contributed by atoms with E-state index < -0.39 is 5.97 Å². The normalized spacial score (nSPS) is 10.3. The summed E-state index contributed by atoms with van der Waals surface area (Å²) in [5.41, 5.74) is 1.62. The molecule has 0 fully saturated rings. The first-order chi connectivity index (χ1) is 6.75. The second-order valence-electron chi connectivity index (χ2n) is 2.10. The van der Waals surface area contributed by atoms with Crippen molar-refractivity contribution < 1.29 is 9.90 Å². The van der Waals surface area contributed by atoms with Gasteiger partial charge in [0.2, 0.25) is 0 Å². The van der Waals surface area contributed by atoms with E-state index in [1.165, 1.54) is 29.3 Å². The number of aromatic carboxylic acids is 1. The van der Waals surface area contributed by atoms with E-state index in [1.807, 2.05) is 0 Å². The summed E-state index contributed by atoms with van der Waals surface area (Å²) >= 11 is 3.85. The lowest BCUT2D eigenvalue weighted by molar-refractivity contribution is 0.0702. The van der Waals surface area contributed by atoms with Crippen LogP contribution in [0.15, 0.2) is 20.4 Å². The fraction of sp³-hybridized carbons (Fsp3) is 0. The number of carboxylic acids is 1. The minimum atomic E-state index is -0.952. The highest BCUT2D eigenvalue weighted by Gasteiger charge is 2.10. The lowest BCUT2D eigenvalue weighted by atomic mass is 10.6. The minimum Gasteiger partial charge on any atom is -0.477 e. The van der Waals surface area contributed by atoms with Crippen molar-refractivity contribution in [2.24, 2.45) is 0 Å². The molecular weight excluding hydrogens is 242 g/mol. The Balaban J connectivity index is 2.14. The average Bonchev–Trinajstić information content (AvgIpc) is 2.75. The molecule has 0 saturated carbocycles. The average molecular weight is 245 g/mol. The lowest BCUT2D eigenvalue weighted by Crippen LogP contribution is -1.89. The standard InChI is InChI=1S/C6H3N3O2S3/c10-4(11)3-1-7-5(13-3)14-6-9-8-2-12-6/h1-2H,(H,10,11). The molecule has 0 bridgehead atoms. The molecule has 2 heterocycles. The molecule has 0 aromatic carbocycles. The summed E-state index contributed by atoms with van der Waals surface area (Å²) in [7, 11) is 0. The molecular formula is C6H3N3O2S3. The maximum Gasteiger partial charge on any atom is 0.347 e. The molecule has 1 N–H and O–H groups in total. The van der Waals surface area contributed by atoms with Crippen LogP contribution >= 0.6 is 34.4 Å². The second-order valence-corrected chi connectivity index (χ2v) is 5.46. The monoisotopic (exact) mass is 245 g/mol. The lowest BCUT2D eigenvalue weighted by Gasteiger charge is -1.86. The van der Waals surface area contributed by atoms with Crippen LogP contribution in [0, 0.1) is 0 Å². The molecule has 2 aromatic heterocycles. The molecule has 2 aromatic rings.